The Labute approximate surface area is 360 Å². The molecule has 0 saturated carbocycles. The van der Waals surface area contributed by atoms with E-state index in [1.54, 1.807) is 0 Å². The molecule has 0 amide bonds. The fraction of sp³-hybridized carbons (Fsp3) is 0. The van der Waals surface area contributed by atoms with E-state index in [0.717, 1.165) is 77.8 Å². The number of para-hydroxylation sites is 1. The van der Waals surface area contributed by atoms with E-state index >= 15 is 0 Å². The van der Waals surface area contributed by atoms with Crippen molar-refractivity contribution in [3.05, 3.63) is 237 Å². The summed E-state index contributed by atoms with van der Waals surface area (Å²) in [4.78, 5) is 18.0. The van der Waals surface area contributed by atoms with Crippen molar-refractivity contribution in [2.75, 3.05) is 4.90 Å². The predicted molar refractivity (Wildman–Crippen MR) is 256 cm³/mol. The second kappa shape index (κ2) is 16.0. The van der Waals surface area contributed by atoms with E-state index in [1.165, 1.54) is 5.56 Å². The van der Waals surface area contributed by atoms with E-state index < -0.39 is 0 Å². The van der Waals surface area contributed by atoms with Crippen LogP contribution < -0.4 is 4.90 Å². The molecule has 292 valence electrons. The quantitative estimate of drug-likeness (QED) is 0.146. The molecule has 0 bridgehead atoms. The van der Waals surface area contributed by atoms with Gasteiger partial charge >= 0.3 is 0 Å². The number of benzene rings is 9. The Morgan fingerprint density at radius 2 is 0.726 bits per heavy atom. The van der Waals surface area contributed by atoms with Gasteiger partial charge in [0.25, 0.3) is 0 Å². The maximum absolute atomic E-state index is 5.28. The lowest BCUT2D eigenvalue weighted by Crippen LogP contribution is -2.11. The summed E-state index contributed by atoms with van der Waals surface area (Å²) in [5.74, 6) is 1.76. The lowest BCUT2D eigenvalue weighted by molar-refractivity contribution is 0.953. The Morgan fingerprint density at radius 3 is 1.31 bits per heavy atom. The molecule has 0 atom stereocenters. The minimum Gasteiger partial charge on any atom is -0.310 e. The predicted octanol–water partition coefficient (Wildman–Crippen LogP) is 14.8. The second-order valence-corrected chi connectivity index (χ2v) is 15.3. The highest BCUT2D eigenvalue weighted by Gasteiger charge is 2.22. The molecule has 62 heavy (non-hydrogen) atoms. The van der Waals surface area contributed by atoms with Gasteiger partial charge in [0.1, 0.15) is 0 Å². The molecule has 0 N–H and O–H groups in total. The Kier molecular flexibility index (Phi) is 9.45. The molecule has 0 radical (unpaired) electrons. The van der Waals surface area contributed by atoms with Crippen LogP contribution in [-0.4, -0.2) is 19.5 Å². The first-order chi connectivity index (χ1) is 30.7. The van der Waals surface area contributed by atoms with E-state index in [1.807, 2.05) is 36.4 Å². The molecule has 0 saturated heterocycles. The minimum atomic E-state index is 0.545. The van der Waals surface area contributed by atoms with Gasteiger partial charge in [0.2, 0.25) is 5.95 Å². The minimum absolute atomic E-state index is 0.545. The zero-order valence-corrected chi connectivity index (χ0v) is 33.8. The molecule has 2 heterocycles. The molecular formula is C57H39N5. The summed E-state index contributed by atoms with van der Waals surface area (Å²) in [5, 5.41) is 2.21. The molecule has 0 fully saturated rings. The van der Waals surface area contributed by atoms with E-state index in [9.17, 15) is 0 Å². The van der Waals surface area contributed by atoms with Crippen molar-refractivity contribution in [3.8, 4) is 62.1 Å². The number of hydrogen-bond acceptors (Lipinski definition) is 4. The SMILES string of the molecule is c1ccc(-c2ccc(N(c3ccc4c5ccc(-c6ccccc6)cc5n(-c5nc(-c6ccccc6)nc(-c6ccccc6)n5)c4c3)c3ccccc3-c3ccccc3)cc2)cc1. The van der Waals surface area contributed by atoms with Crippen molar-refractivity contribution in [2.24, 2.45) is 0 Å². The highest BCUT2D eigenvalue weighted by atomic mass is 15.2. The molecule has 5 nitrogen and oxygen atoms in total. The third-order valence-electron chi connectivity index (χ3n) is 11.5. The van der Waals surface area contributed by atoms with Crippen LogP contribution in [0.2, 0.25) is 0 Å². The van der Waals surface area contributed by atoms with Crippen molar-refractivity contribution in [1.29, 1.82) is 0 Å². The summed E-state index contributed by atoms with van der Waals surface area (Å²) in [6, 6.07) is 83.0. The normalized spacial score (nSPS) is 11.2. The number of rotatable bonds is 9. The fourth-order valence-electron chi connectivity index (χ4n) is 8.46. The summed E-state index contributed by atoms with van der Waals surface area (Å²) in [6.45, 7) is 0. The van der Waals surface area contributed by atoms with Gasteiger partial charge in [-0.05, 0) is 64.2 Å². The lowest BCUT2D eigenvalue weighted by atomic mass is 10.0. The summed E-state index contributed by atoms with van der Waals surface area (Å²) in [5.41, 5.74) is 13.8. The van der Waals surface area contributed by atoms with Crippen LogP contribution in [0.4, 0.5) is 17.1 Å². The molecule has 5 heteroatoms. The highest BCUT2D eigenvalue weighted by Crippen LogP contribution is 2.44. The summed E-state index contributed by atoms with van der Waals surface area (Å²) in [6.07, 6.45) is 0. The van der Waals surface area contributed by atoms with Crippen molar-refractivity contribution in [1.82, 2.24) is 19.5 Å². The van der Waals surface area contributed by atoms with Crippen molar-refractivity contribution >= 4 is 38.9 Å². The Morgan fingerprint density at radius 1 is 0.306 bits per heavy atom. The van der Waals surface area contributed by atoms with Crippen LogP contribution in [0.25, 0.3) is 83.9 Å². The van der Waals surface area contributed by atoms with Crippen LogP contribution in [-0.2, 0) is 0 Å². The molecule has 11 aromatic rings. The standard InChI is InChI=1S/C57H39N5/c1-6-18-40(19-7-1)42-30-33-47(34-31-42)61(52-29-17-16-28-49(52)43-22-10-3-11-23-43)48-35-37-51-50-36-32-46(41-20-8-2-9-21-41)38-53(50)62(54(51)39-48)57-59-55(44-24-12-4-13-25-44)58-56(60-57)45-26-14-5-15-27-45/h1-39H. The number of anilines is 3. The molecule has 0 spiro atoms. The third kappa shape index (κ3) is 6.87. The van der Waals surface area contributed by atoms with Gasteiger partial charge in [-0.25, -0.2) is 4.98 Å². The van der Waals surface area contributed by atoms with E-state index in [-0.39, 0.29) is 0 Å². The summed E-state index contributed by atoms with van der Waals surface area (Å²) < 4.78 is 2.22. The van der Waals surface area contributed by atoms with Crippen LogP contribution in [0.1, 0.15) is 0 Å². The fourth-order valence-corrected chi connectivity index (χ4v) is 8.46. The number of hydrogen-bond donors (Lipinski definition) is 0. The van der Waals surface area contributed by atoms with Crippen molar-refractivity contribution in [2.45, 2.75) is 0 Å². The number of nitrogens with zero attached hydrogens (tertiary/aromatic N) is 5. The molecule has 0 unspecified atom stereocenters. The zero-order valence-electron chi connectivity index (χ0n) is 33.8. The highest BCUT2D eigenvalue weighted by molar-refractivity contribution is 6.11. The first-order valence-corrected chi connectivity index (χ1v) is 20.9. The summed E-state index contributed by atoms with van der Waals surface area (Å²) in [7, 11) is 0. The van der Waals surface area contributed by atoms with Crippen LogP contribution in [0, 0.1) is 0 Å². The summed E-state index contributed by atoms with van der Waals surface area (Å²) >= 11 is 0. The molecule has 0 aliphatic heterocycles. The molecule has 0 aliphatic carbocycles. The van der Waals surface area contributed by atoms with Gasteiger partial charge in [0, 0.05) is 38.8 Å². The number of fused-ring (bicyclic) bond motifs is 3. The molecular weight excluding hydrogens is 755 g/mol. The lowest BCUT2D eigenvalue weighted by Gasteiger charge is -2.28. The van der Waals surface area contributed by atoms with Crippen LogP contribution in [0.5, 0.6) is 0 Å². The molecule has 0 aliphatic rings. The maximum Gasteiger partial charge on any atom is 0.238 e. The number of aromatic nitrogens is 4. The van der Waals surface area contributed by atoms with Gasteiger partial charge in [-0.15, -0.1) is 0 Å². The van der Waals surface area contributed by atoms with Gasteiger partial charge in [0.15, 0.2) is 11.6 Å². The van der Waals surface area contributed by atoms with Gasteiger partial charge in [-0.3, -0.25) is 4.57 Å². The molecule has 11 rings (SSSR count). The average molecular weight is 794 g/mol. The van der Waals surface area contributed by atoms with Crippen LogP contribution >= 0.6 is 0 Å². The smallest absolute Gasteiger partial charge is 0.238 e. The second-order valence-electron chi connectivity index (χ2n) is 15.3. The van der Waals surface area contributed by atoms with Crippen LogP contribution in [0.15, 0.2) is 237 Å². The van der Waals surface area contributed by atoms with E-state index in [2.05, 4.69) is 210 Å². The first-order valence-electron chi connectivity index (χ1n) is 20.9. The van der Waals surface area contributed by atoms with Gasteiger partial charge in [-0.1, -0.05) is 200 Å². The Hall–Kier alpha value is -8.41. The maximum atomic E-state index is 5.28. The zero-order chi connectivity index (χ0) is 41.2. The van der Waals surface area contributed by atoms with E-state index in [0.29, 0.717) is 17.6 Å². The van der Waals surface area contributed by atoms with Crippen molar-refractivity contribution < 1.29 is 0 Å². The van der Waals surface area contributed by atoms with Gasteiger partial charge in [-0.2, -0.15) is 9.97 Å². The van der Waals surface area contributed by atoms with E-state index in [4.69, 9.17) is 15.0 Å². The third-order valence-corrected chi connectivity index (χ3v) is 11.5. The van der Waals surface area contributed by atoms with Crippen LogP contribution in [0.3, 0.4) is 0 Å². The Bertz CT molecular complexity index is 3260. The average Bonchev–Trinajstić information content (AvgIpc) is 3.68. The van der Waals surface area contributed by atoms with Gasteiger partial charge in [0.05, 0.1) is 16.7 Å². The molecule has 2 aromatic heterocycles. The van der Waals surface area contributed by atoms with Gasteiger partial charge < -0.3 is 4.90 Å². The largest absolute Gasteiger partial charge is 0.310 e. The molecule has 9 aromatic carbocycles. The van der Waals surface area contributed by atoms with Crippen molar-refractivity contribution in [3.63, 3.8) is 0 Å². The Balaban J connectivity index is 1.18. The first kappa shape index (κ1) is 36.7. The monoisotopic (exact) mass is 793 g/mol. The topological polar surface area (TPSA) is 46.8 Å².